The van der Waals surface area contributed by atoms with Gasteiger partial charge in [0.15, 0.2) is 0 Å². The fraction of sp³-hybridized carbons (Fsp3) is 0.357. The van der Waals surface area contributed by atoms with Crippen molar-refractivity contribution in [2.75, 3.05) is 6.61 Å². The number of carbonyl (C=O) groups excluding carboxylic acids is 1. The SMILES string of the molecule is CCOC(=O)C[C@H](N)c1cn(C)c2ccccc12.Cl. The molecule has 0 radical (unpaired) electrons. The smallest absolute Gasteiger partial charge is 0.307 e. The number of fused-ring (bicyclic) bond motifs is 1. The maximum atomic E-state index is 11.5. The zero-order valence-corrected chi connectivity index (χ0v) is 11.9. The number of ether oxygens (including phenoxy) is 1. The van der Waals surface area contributed by atoms with Crippen molar-refractivity contribution in [1.29, 1.82) is 0 Å². The quantitative estimate of drug-likeness (QED) is 0.877. The molecule has 5 heteroatoms. The second-order valence-electron chi connectivity index (χ2n) is 4.33. The van der Waals surface area contributed by atoms with Gasteiger partial charge in [-0.2, -0.15) is 0 Å². The van der Waals surface area contributed by atoms with Crippen molar-refractivity contribution >= 4 is 29.3 Å². The van der Waals surface area contributed by atoms with Crippen LogP contribution in [-0.4, -0.2) is 17.1 Å². The molecule has 0 fully saturated rings. The minimum absolute atomic E-state index is 0. The first-order valence-electron chi connectivity index (χ1n) is 6.08. The second kappa shape index (κ2) is 6.59. The molecule has 0 unspecified atom stereocenters. The standard InChI is InChI=1S/C14H18N2O2.ClH/c1-3-18-14(17)8-12(15)11-9-16(2)13-7-5-4-6-10(11)13;/h4-7,9,12H,3,8,15H2,1-2H3;1H/t12-;/m0./s1. The van der Waals surface area contributed by atoms with Crippen LogP contribution in [0.25, 0.3) is 10.9 Å². The zero-order chi connectivity index (χ0) is 13.1. The molecule has 0 saturated carbocycles. The number of halogens is 1. The maximum absolute atomic E-state index is 11.5. The number of aromatic nitrogens is 1. The molecule has 4 nitrogen and oxygen atoms in total. The first-order valence-corrected chi connectivity index (χ1v) is 6.08. The van der Waals surface area contributed by atoms with Gasteiger partial charge in [0.05, 0.1) is 13.0 Å². The van der Waals surface area contributed by atoms with Crippen LogP contribution in [-0.2, 0) is 16.6 Å². The van der Waals surface area contributed by atoms with Crippen LogP contribution in [0.3, 0.4) is 0 Å². The number of para-hydroxylation sites is 1. The molecular weight excluding hydrogens is 264 g/mol. The van der Waals surface area contributed by atoms with Crippen molar-refractivity contribution in [3.8, 4) is 0 Å². The number of rotatable bonds is 4. The summed E-state index contributed by atoms with van der Waals surface area (Å²) in [5.41, 5.74) is 8.20. The van der Waals surface area contributed by atoms with Gasteiger partial charge in [-0.15, -0.1) is 12.4 Å². The fourth-order valence-electron chi connectivity index (χ4n) is 2.18. The van der Waals surface area contributed by atoms with E-state index in [4.69, 9.17) is 10.5 Å². The largest absolute Gasteiger partial charge is 0.466 e. The Morgan fingerprint density at radius 1 is 1.42 bits per heavy atom. The highest BCUT2D eigenvalue weighted by Crippen LogP contribution is 2.26. The summed E-state index contributed by atoms with van der Waals surface area (Å²) < 4.78 is 6.95. The lowest BCUT2D eigenvalue weighted by atomic mass is 10.0. The molecule has 0 bridgehead atoms. The Bertz CT molecular complexity index is 566. The van der Waals surface area contributed by atoms with Gasteiger partial charge in [0.2, 0.25) is 0 Å². The third-order valence-corrected chi connectivity index (χ3v) is 3.02. The average molecular weight is 283 g/mol. The van der Waals surface area contributed by atoms with E-state index in [1.807, 2.05) is 42.1 Å². The first kappa shape index (κ1) is 15.5. The number of nitrogens with zero attached hydrogens (tertiary/aromatic N) is 1. The molecular formula is C14H19ClN2O2. The van der Waals surface area contributed by atoms with Gasteiger partial charge in [-0.05, 0) is 18.6 Å². The Labute approximate surface area is 118 Å². The lowest BCUT2D eigenvalue weighted by Gasteiger charge is -2.09. The van der Waals surface area contributed by atoms with E-state index in [-0.39, 0.29) is 30.8 Å². The summed E-state index contributed by atoms with van der Waals surface area (Å²) in [6.07, 6.45) is 2.19. The van der Waals surface area contributed by atoms with Gasteiger partial charge in [-0.3, -0.25) is 4.79 Å². The Kier molecular flexibility index (Phi) is 5.39. The minimum atomic E-state index is -0.324. The summed E-state index contributed by atoms with van der Waals surface area (Å²) in [6.45, 7) is 2.18. The minimum Gasteiger partial charge on any atom is -0.466 e. The molecule has 1 aromatic carbocycles. The number of nitrogens with two attached hydrogens (primary N) is 1. The topological polar surface area (TPSA) is 57.2 Å². The van der Waals surface area contributed by atoms with Crippen LogP contribution in [0.4, 0.5) is 0 Å². The molecule has 1 aromatic heterocycles. The first-order chi connectivity index (χ1) is 8.63. The van der Waals surface area contributed by atoms with Crippen LogP contribution in [0.1, 0.15) is 24.9 Å². The van der Waals surface area contributed by atoms with Crippen molar-refractivity contribution in [2.45, 2.75) is 19.4 Å². The molecule has 0 aliphatic rings. The molecule has 2 rings (SSSR count). The van der Waals surface area contributed by atoms with Gasteiger partial charge in [-0.25, -0.2) is 0 Å². The molecule has 0 amide bonds. The number of carbonyl (C=O) groups is 1. The molecule has 1 heterocycles. The van der Waals surface area contributed by atoms with E-state index in [0.717, 1.165) is 16.5 Å². The molecule has 0 aliphatic carbocycles. The van der Waals surface area contributed by atoms with E-state index in [2.05, 4.69) is 0 Å². The Balaban J connectivity index is 0.00000180. The van der Waals surface area contributed by atoms with Crippen LogP contribution in [0.2, 0.25) is 0 Å². The number of esters is 1. The van der Waals surface area contributed by atoms with Crippen molar-refractivity contribution in [2.24, 2.45) is 12.8 Å². The van der Waals surface area contributed by atoms with E-state index in [1.54, 1.807) is 6.92 Å². The number of hydrogen-bond acceptors (Lipinski definition) is 3. The summed E-state index contributed by atoms with van der Waals surface area (Å²) in [5.74, 6) is -0.252. The molecule has 0 saturated heterocycles. The summed E-state index contributed by atoms with van der Waals surface area (Å²) in [4.78, 5) is 11.5. The summed E-state index contributed by atoms with van der Waals surface area (Å²) in [6, 6.07) is 7.70. The predicted molar refractivity (Wildman–Crippen MR) is 78.3 cm³/mol. The number of benzene rings is 1. The molecule has 0 spiro atoms. The monoisotopic (exact) mass is 282 g/mol. The zero-order valence-electron chi connectivity index (χ0n) is 11.1. The van der Waals surface area contributed by atoms with E-state index in [9.17, 15) is 4.79 Å². The van der Waals surface area contributed by atoms with Crippen molar-refractivity contribution in [1.82, 2.24) is 4.57 Å². The second-order valence-corrected chi connectivity index (χ2v) is 4.33. The van der Waals surface area contributed by atoms with Gasteiger partial charge in [0.1, 0.15) is 0 Å². The fourth-order valence-corrected chi connectivity index (χ4v) is 2.18. The van der Waals surface area contributed by atoms with Crippen LogP contribution in [0.5, 0.6) is 0 Å². The molecule has 2 aromatic rings. The lowest BCUT2D eigenvalue weighted by Crippen LogP contribution is -2.17. The van der Waals surface area contributed by atoms with E-state index in [1.165, 1.54) is 0 Å². The highest BCUT2D eigenvalue weighted by Gasteiger charge is 2.16. The van der Waals surface area contributed by atoms with Gasteiger partial charge in [0.25, 0.3) is 0 Å². The number of aryl methyl sites for hydroxylation is 1. The predicted octanol–water partition coefficient (Wildman–Crippen LogP) is 2.55. The van der Waals surface area contributed by atoms with Gasteiger partial charge in [-0.1, -0.05) is 18.2 Å². The van der Waals surface area contributed by atoms with Crippen LogP contribution in [0, 0.1) is 0 Å². The van der Waals surface area contributed by atoms with Crippen molar-refractivity contribution in [3.63, 3.8) is 0 Å². The third-order valence-electron chi connectivity index (χ3n) is 3.02. The number of hydrogen-bond donors (Lipinski definition) is 1. The normalized spacial score (nSPS) is 11.9. The van der Waals surface area contributed by atoms with E-state index >= 15 is 0 Å². The summed E-state index contributed by atoms with van der Waals surface area (Å²) in [7, 11) is 1.98. The molecule has 2 N–H and O–H groups in total. The summed E-state index contributed by atoms with van der Waals surface area (Å²) in [5, 5.41) is 1.09. The van der Waals surface area contributed by atoms with E-state index < -0.39 is 0 Å². The van der Waals surface area contributed by atoms with E-state index in [0.29, 0.717) is 6.61 Å². The van der Waals surface area contributed by atoms with Gasteiger partial charge >= 0.3 is 5.97 Å². The molecule has 0 aliphatic heterocycles. The highest BCUT2D eigenvalue weighted by atomic mass is 35.5. The van der Waals surface area contributed by atoms with Crippen LogP contribution in [0.15, 0.2) is 30.5 Å². The average Bonchev–Trinajstić information content (AvgIpc) is 2.68. The van der Waals surface area contributed by atoms with Gasteiger partial charge < -0.3 is 15.0 Å². The van der Waals surface area contributed by atoms with Crippen molar-refractivity contribution in [3.05, 3.63) is 36.0 Å². The summed E-state index contributed by atoms with van der Waals surface area (Å²) >= 11 is 0. The Morgan fingerprint density at radius 2 is 2.11 bits per heavy atom. The van der Waals surface area contributed by atoms with Crippen LogP contribution < -0.4 is 5.73 Å². The Morgan fingerprint density at radius 3 is 2.79 bits per heavy atom. The highest BCUT2D eigenvalue weighted by molar-refractivity contribution is 5.85. The molecule has 104 valence electrons. The maximum Gasteiger partial charge on any atom is 0.307 e. The van der Waals surface area contributed by atoms with Crippen molar-refractivity contribution < 1.29 is 9.53 Å². The molecule has 19 heavy (non-hydrogen) atoms. The van der Waals surface area contributed by atoms with Gasteiger partial charge in [0, 0.05) is 30.2 Å². The third kappa shape index (κ3) is 3.28. The Hall–Kier alpha value is -1.52. The van der Waals surface area contributed by atoms with Crippen LogP contribution >= 0.6 is 12.4 Å². The molecule has 1 atom stereocenters. The lowest BCUT2D eigenvalue weighted by molar-refractivity contribution is -0.143.